The van der Waals surface area contributed by atoms with Crippen molar-refractivity contribution in [2.75, 3.05) is 72.2 Å². The highest BCUT2D eigenvalue weighted by Gasteiger charge is 2.62. The van der Waals surface area contributed by atoms with Crippen LogP contribution in [0, 0.1) is 29.6 Å². The molecule has 11 nitrogen and oxygen atoms in total. The van der Waals surface area contributed by atoms with E-state index in [2.05, 4.69) is 9.80 Å². The van der Waals surface area contributed by atoms with Crippen LogP contribution in [0.5, 0.6) is 5.75 Å². The van der Waals surface area contributed by atoms with Crippen molar-refractivity contribution in [3.05, 3.63) is 89.0 Å². The molecule has 3 aromatic carbocycles. The van der Waals surface area contributed by atoms with E-state index >= 15 is 0 Å². The Kier molecular flexibility index (Phi) is 8.32. The van der Waals surface area contributed by atoms with Crippen molar-refractivity contribution in [1.82, 2.24) is 0 Å². The van der Waals surface area contributed by atoms with E-state index in [4.69, 9.17) is 21.1 Å². The third-order valence-electron chi connectivity index (χ3n) is 11.9. The second kappa shape index (κ2) is 13.1. The standard InChI is InChI=1S/C40H39ClN4O7/c41-33-21-27(46)9-10-29(33)34-28-11-12-30-35(39(49)44(37(30)47)25-5-1-23(2-6-25)42-13-17-51-18-14-42)31(28)22-32-36(34)40(50)45(38(32)48)26-7-3-24(4-8-26)43-15-19-52-20-16-43/h1-11,21,30-32,34-36,46H,12-20,22H2. The predicted octanol–water partition coefficient (Wildman–Crippen LogP) is 4.76. The Morgan fingerprint density at radius 3 is 1.63 bits per heavy atom. The summed E-state index contributed by atoms with van der Waals surface area (Å²) in [7, 11) is 0. The number of anilines is 4. The number of nitrogens with zero attached hydrogens (tertiary/aromatic N) is 4. The van der Waals surface area contributed by atoms with Crippen LogP contribution in [0.25, 0.3) is 0 Å². The Labute approximate surface area is 306 Å². The number of carbonyl (C=O) groups is 4. The third kappa shape index (κ3) is 5.31. The van der Waals surface area contributed by atoms with Crippen LogP contribution in [0.3, 0.4) is 0 Å². The van der Waals surface area contributed by atoms with Gasteiger partial charge in [0.2, 0.25) is 23.6 Å². The molecule has 6 aliphatic rings. The van der Waals surface area contributed by atoms with E-state index in [9.17, 15) is 24.3 Å². The molecule has 0 radical (unpaired) electrons. The van der Waals surface area contributed by atoms with E-state index in [1.165, 1.54) is 21.9 Å². The summed E-state index contributed by atoms with van der Waals surface area (Å²) in [5.41, 5.74) is 4.47. The maximum absolute atomic E-state index is 14.5. The van der Waals surface area contributed by atoms with Gasteiger partial charge in [0.05, 0.1) is 61.5 Å². The minimum absolute atomic E-state index is 0.0157. The average molecular weight is 723 g/mol. The van der Waals surface area contributed by atoms with E-state index in [-0.39, 0.29) is 40.8 Å². The van der Waals surface area contributed by atoms with Gasteiger partial charge in [0, 0.05) is 48.5 Å². The molecule has 4 aliphatic heterocycles. The van der Waals surface area contributed by atoms with Crippen LogP contribution in [0.15, 0.2) is 78.4 Å². The predicted molar refractivity (Wildman–Crippen MR) is 195 cm³/mol. The molecule has 6 unspecified atom stereocenters. The minimum Gasteiger partial charge on any atom is -0.508 e. The number of carbonyl (C=O) groups excluding carboxylic acids is 4. The second-order valence-electron chi connectivity index (χ2n) is 14.5. The van der Waals surface area contributed by atoms with Gasteiger partial charge in [0.15, 0.2) is 0 Å². The Morgan fingerprint density at radius 1 is 0.596 bits per heavy atom. The van der Waals surface area contributed by atoms with E-state index in [0.29, 0.717) is 49.8 Å². The molecule has 9 rings (SSSR count). The molecule has 268 valence electrons. The molecular formula is C40H39ClN4O7. The molecule has 4 heterocycles. The number of hydrogen-bond donors (Lipinski definition) is 1. The average Bonchev–Trinajstić information content (AvgIpc) is 3.58. The number of aromatic hydroxyl groups is 1. The molecule has 4 saturated heterocycles. The van der Waals surface area contributed by atoms with E-state index in [0.717, 1.165) is 43.1 Å². The van der Waals surface area contributed by atoms with Gasteiger partial charge in [-0.15, -0.1) is 0 Å². The number of phenolic OH excluding ortho intramolecular Hbond substituents is 1. The number of halogens is 1. The lowest BCUT2D eigenvalue weighted by Crippen LogP contribution is -2.43. The molecule has 0 aromatic heterocycles. The molecular weight excluding hydrogens is 684 g/mol. The number of benzene rings is 3. The highest BCUT2D eigenvalue weighted by atomic mass is 35.5. The van der Waals surface area contributed by atoms with Gasteiger partial charge in [-0.3, -0.25) is 29.0 Å². The molecule has 3 aromatic rings. The van der Waals surface area contributed by atoms with Crippen LogP contribution < -0.4 is 19.6 Å². The summed E-state index contributed by atoms with van der Waals surface area (Å²) in [5, 5.41) is 10.5. The van der Waals surface area contributed by atoms with Crippen LogP contribution in [0.1, 0.15) is 24.3 Å². The highest BCUT2D eigenvalue weighted by Crippen LogP contribution is 2.59. The molecule has 6 atom stereocenters. The topological polar surface area (TPSA) is 120 Å². The Bertz CT molecular complexity index is 1970. The van der Waals surface area contributed by atoms with Crippen LogP contribution in [0.2, 0.25) is 5.02 Å². The fraction of sp³-hybridized carbons (Fsp3) is 0.400. The van der Waals surface area contributed by atoms with Crippen molar-refractivity contribution in [2.45, 2.75) is 18.8 Å². The molecule has 1 saturated carbocycles. The van der Waals surface area contributed by atoms with Crippen LogP contribution in [0.4, 0.5) is 22.7 Å². The summed E-state index contributed by atoms with van der Waals surface area (Å²) in [6.07, 6.45) is 2.60. The molecule has 12 heteroatoms. The normalized spacial score (nSPS) is 28.9. The molecule has 4 amide bonds. The first-order valence-electron chi connectivity index (χ1n) is 18.1. The number of imide groups is 2. The number of rotatable bonds is 5. The van der Waals surface area contributed by atoms with Gasteiger partial charge >= 0.3 is 0 Å². The zero-order valence-electron chi connectivity index (χ0n) is 28.5. The van der Waals surface area contributed by atoms with E-state index < -0.39 is 35.5 Å². The number of hydrogen-bond acceptors (Lipinski definition) is 9. The summed E-state index contributed by atoms with van der Waals surface area (Å²) >= 11 is 6.80. The highest BCUT2D eigenvalue weighted by molar-refractivity contribution is 6.32. The molecule has 2 aliphatic carbocycles. The second-order valence-corrected chi connectivity index (χ2v) is 14.9. The zero-order chi connectivity index (χ0) is 35.7. The number of ether oxygens (including phenoxy) is 2. The summed E-state index contributed by atoms with van der Waals surface area (Å²) < 4.78 is 11.0. The van der Waals surface area contributed by atoms with Crippen LogP contribution in [-0.4, -0.2) is 81.3 Å². The van der Waals surface area contributed by atoms with Gasteiger partial charge in [-0.25, -0.2) is 0 Å². The fourth-order valence-electron chi connectivity index (χ4n) is 9.48. The van der Waals surface area contributed by atoms with Gasteiger partial charge in [0.1, 0.15) is 5.75 Å². The van der Waals surface area contributed by atoms with Gasteiger partial charge in [-0.2, -0.15) is 0 Å². The van der Waals surface area contributed by atoms with E-state index in [1.807, 2.05) is 54.6 Å². The van der Waals surface area contributed by atoms with Crippen molar-refractivity contribution in [1.29, 1.82) is 0 Å². The summed E-state index contributed by atoms with van der Waals surface area (Å²) in [5.74, 6) is -5.01. The van der Waals surface area contributed by atoms with Gasteiger partial charge in [-0.1, -0.05) is 29.3 Å². The molecule has 52 heavy (non-hydrogen) atoms. The molecule has 1 N–H and O–H groups in total. The quantitative estimate of drug-likeness (QED) is 0.294. The van der Waals surface area contributed by atoms with Gasteiger partial charge in [-0.05, 0) is 85.0 Å². The molecule has 0 spiro atoms. The first kappa shape index (κ1) is 33.1. The van der Waals surface area contributed by atoms with Crippen molar-refractivity contribution in [2.24, 2.45) is 29.6 Å². The smallest absolute Gasteiger partial charge is 0.238 e. The number of phenols is 1. The van der Waals surface area contributed by atoms with Gasteiger partial charge in [0.25, 0.3) is 0 Å². The fourth-order valence-corrected chi connectivity index (χ4v) is 9.77. The molecule has 0 bridgehead atoms. The number of allylic oxidation sites excluding steroid dienone is 2. The monoisotopic (exact) mass is 722 g/mol. The van der Waals surface area contributed by atoms with Crippen molar-refractivity contribution in [3.63, 3.8) is 0 Å². The summed E-state index contributed by atoms with van der Waals surface area (Å²) in [6, 6.07) is 19.7. The van der Waals surface area contributed by atoms with Crippen LogP contribution >= 0.6 is 11.6 Å². The van der Waals surface area contributed by atoms with Gasteiger partial charge < -0.3 is 24.4 Å². The lowest BCUT2D eigenvalue weighted by Gasteiger charge is -2.44. The number of amides is 4. The number of fused-ring (bicyclic) bond motifs is 4. The van der Waals surface area contributed by atoms with E-state index in [1.54, 1.807) is 6.07 Å². The molecule has 5 fully saturated rings. The van der Waals surface area contributed by atoms with Crippen LogP contribution in [-0.2, 0) is 28.7 Å². The first-order valence-corrected chi connectivity index (χ1v) is 18.5. The summed E-state index contributed by atoms with van der Waals surface area (Å²) in [4.78, 5) is 64.5. The van der Waals surface area contributed by atoms with Crippen molar-refractivity contribution in [3.8, 4) is 5.75 Å². The lowest BCUT2D eigenvalue weighted by atomic mass is 9.57. The number of morpholine rings is 2. The maximum Gasteiger partial charge on any atom is 0.238 e. The minimum atomic E-state index is -0.761. The maximum atomic E-state index is 14.5. The Morgan fingerprint density at radius 2 is 1.10 bits per heavy atom. The SMILES string of the molecule is O=C1C2CC=C3C(CC4C(=O)N(c5ccc(N6CCOCC6)cc5)C(=O)C4C3c3ccc(O)cc3Cl)C2C(=O)N1c1ccc(N2CCOCC2)cc1. The Hall–Kier alpha value is -4.71. The van der Waals surface area contributed by atoms with Crippen molar-refractivity contribution < 1.29 is 33.8 Å². The summed E-state index contributed by atoms with van der Waals surface area (Å²) in [6.45, 7) is 5.64. The first-order chi connectivity index (χ1) is 25.3. The largest absolute Gasteiger partial charge is 0.508 e. The lowest BCUT2D eigenvalue weighted by molar-refractivity contribution is -0.126. The third-order valence-corrected chi connectivity index (χ3v) is 12.3. The Balaban J connectivity index is 1.05. The zero-order valence-corrected chi connectivity index (χ0v) is 29.3. The van der Waals surface area contributed by atoms with Crippen molar-refractivity contribution >= 4 is 58.0 Å².